The van der Waals surface area contributed by atoms with E-state index < -0.39 is 0 Å². The number of nitrogens with one attached hydrogen (secondary N) is 1. The Morgan fingerprint density at radius 1 is 1.04 bits per heavy atom. The molecule has 26 heavy (non-hydrogen) atoms. The van der Waals surface area contributed by atoms with Crippen LogP contribution in [0.2, 0.25) is 0 Å². The Balaban J connectivity index is 1.78. The molecule has 1 heterocycles. The van der Waals surface area contributed by atoms with Gasteiger partial charge in [-0.2, -0.15) is 5.10 Å². The minimum absolute atomic E-state index is 0.0606. The Bertz CT molecular complexity index is 788. The predicted molar refractivity (Wildman–Crippen MR) is 104 cm³/mol. The number of rotatable bonds is 7. The van der Waals surface area contributed by atoms with Gasteiger partial charge in [-0.3, -0.25) is 9.48 Å². The van der Waals surface area contributed by atoms with Crippen molar-refractivity contribution < 1.29 is 4.79 Å². The van der Waals surface area contributed by atoms with Gasteiger partial charge in [0.05, 0.1) is 24.3 Å². The number of aromatic nitrogens is 2. The molecule has 134 valence electrons. The summed E-state index contributed by atoms with van der Waals surface area (Å²) in [5, 5.41) is 7.33. The van der Waals surface area contributed by atoms with E-state index in [0.717, 1.165) is 24.2 Å². The first-order valence-corrected chi connectivity index (χ1v) is 8.71. The molecule has 1 N–H and O–H groups in total. The van der Waals surface area contributed by atoms with Gasteiger partial charge in [0.1, 0.15) is 0 Å². The van der Waals surface area contributed by atoms with E-state index in [2.05, 4.69) is 15.3 Å². The maximum Gasteiger partial charge on any atom is 0.236 e. The van der Waals surface area contributed by atoms with Gasteiger partial charge in [0.25, 0.3) is 0 Å². The Morgan fingerprint density at radius 2 is 1.62 bits per heavy atom. The molecular formula is C21H24N4O. The van der Waals surface area contributed by atoms with Gasteiger partial charge in [-0.05, 0) is 25.2 Å². The van der Waals surface area contributed by atoms with Crippen LogP contribution in [-0.2, 0) is 11.3 Å². The maximum absolute atomic E-state index is 13.0. The quantitative estimate of drug-likeness (QED) is 0.713. The summed E-state index contributed by atoms with van der Waals surface area (Å²) in [5.74, 6) is -0.419. The monoisotopic (exact) mass is 348 g/mol. The average Bonchev–Trinajstić information content (AvgIpc) is 3.09. The third-order valence-corrected chi connectivity index (χ3v) is 4.21. The van der Waals surface area contributed by atoms with Gasteiger partial charge in [0.15, 0.2) is 0 Å². The molecule has 0 saturated carbocycles. The fourth-order valence-electron chi connectivity index (χ4n) is 2.85. The van der Waals surface area contributed by atoms with E-state index in [9.17, 15) is 4.79 Å². The number of nitrogens with zero attached hydrogens (tertiary/aromatic N) is 3. The van der Waals surface area contributed by atoms with Gasteiger partial charge >= 0.3 is 0 Å². The molecule has 0 atom stereocenters. The molecule has 0 aliphatic rings. The van der Waals surface area contributed by atoms with Crippen LogP contribution in [0.3, 0.4) is 0 Å². The molecule has 0 saturated heterocycles. The fraction of sp³-hybridized carbons (Fsp3) is 0.238. The Kier molecular flexibility index (Phi) is 5.81. The van der Waals surface area contributed by atoms with E-state index in [1.54, 1.807) is 6.20 Å². The summed E-state index contributed by atoms with van der Waals surface area (Å²) in [6.45, 7) is 1.68. The van der Waals surface area contributed by atoms with Crippen molar-refractivity contribution in [2.24, 2.45) is 0 Å². The van der Waals surface area contributed by atoms with E-state index in [-0.39, 0.29) is 11.8 Å². The lowest BCUT2D eigenvalue weighted by atomic mass is 9.90. The largest absolute Gasteiger partial charge is 0.323 e. The number of amides is 1. The molecule has 2 aromatic carbocycles. The fourth-order valence-corrected chi connectivity index (χ4v) is 2.85. The second kappa shape index (κ2) is 8.45. The van der Waals surface area contributed by atoms with Crippen molar-refractivity contribution in [1.82, 2.24) is 14.7 Å². The highest BCUT2D eigenvalue weighted by Gasteiger charge is 2.22. The zero-order valence-electron chi connectivity index (χ0n) is 15.2. The molecule has 5 heteroatoms. The Hall–Kier alpha value is -2.92. The zero-order chi connectivity index (χ0) is 18.4. The number of carbonyl (C=O) groups excluding carboxylic acids is 1. The van der Waals surface area contributed by atoms with Crippen LogP contribution in [0.4, 0.5) is 5.69 Å². The van der Waals surface area contributed by atoms with Gasteiger partial charge in [0, 0.05) is 12.7 Å². The van der Waals surface area contributed by atoms with Crippen molar-refractivity contribution in [3.8, 4) is 0 Å². The molecule has 0 unspecified atom stereocenters. The summed E-state index contributed by atoms with van der Waals surface area (Å²) in [4.78, 5) is 15.1. The first-order valence-electron chi connectivity index (χ1n) is 8.71. The number of carbonyl (C=O) groups is 1. The molecule has 5 nitrogen and oxygen atoms in total. The molecule has 0 fully saturated rings. The smallest absolute Gasteiger partial charge is 0.236 e. The van der Waals surface area contributed by atoms with Crippen molar-refractivity contribution in [1.29, 1.82) is 0 Å². The summed E-state index contributed by atoms with van der Waals surface area (Å²) < 4.78 is 1.84. The lowest BCUT2D eigenvalue weighted by Gasteiger charge is -2.17. The van der Waals surface area contributed by atoms with Crippen LogP contribution in [0.15, 0.2) is 73.1 Å². The number of hydrogen-bond donors (Lipinski definition) is 1. The molecule has 0 radical (unpaired) electrons. The molecule has 1 amide bonds. The van der Waals surface area contributed by atoms with Crippen molar-refractivity contribution in [2.75, 3.05) is 26.0 Å². The lowest BCUT2D eigenvalue weighted by molar-refractivity contribution is -0.116. The average molecular weight is 348 g/mol. The summed E-state index contributed by atoms with van der Waals surface area (Å²) in [5.41, 5.74) is 2.65. The highest BCUT2D eigenvalue weighted by atomic mass is 16.1. The lowest BCUT2D eigenvalue weighted by Crippen LogP contribution is -2.22. The van der Waals surface area contributed by atoms with Crippen molar-refractivity contribution in [3.05, 3.63) is 84.2 Å². The number of likely N-dealkylation sites (N-methyl/N-ethyl adjacent to an activating group) is 1. The van der Waals surface area contributed by atoms with Crippen LogP contribution in [0.5, 0.6) is 0 Å². The van der Waals surface area contributed by atoms with Crippen molar-refractivity contribution >= 4 is 11.6 Å². The van der Waals surface area contributed by atoms with E-state index in [1.165, 1.54) is 0 Å². The van der Waals surface area contributed by atoms with Gasteiger partial charge in [0.2, 0.25) is 5.91 Å². The van der Waals surface area contributed by atoms with Crippen LogP contribution in [0.1, 0.15) is 17.0 Å². The summed E-state index contributed by atoms with van der Waals surface area (Å²) in [6, 6.07) is 19.7. The van der Waals surface area contributed by atoms with Gasteiger partial charge in [-0.1, -0.05) is 60.7 Å². The minimum Gasteiger partial charge on any atom is -0.323 e. The first kappa shape index (κ1) is 17.9. The molecular weight excluding hydrogens is 324 g/mol. The molecule has 0 aliphatic carbocycles. The van der Waals surface area contributed by atoms with Crippen LogP contribution >= 0.6 is 0 Å². The highest BCUT2D eigenvalue weighted by molar-refractivity contribution is 5.98. The third-order valence-electron chi connectivity index (χ3n) is 4.21. The van der Waals surface area contributed by atoms with E-state index in [1.807, 2.05) is 85.6 Å². The predicted octanol–water partition coefficient (Wildman–Crippen LogP) is 3.22. The second-order valence-corrected chi connectivity index (χ2v) is 6.54. The van der Waals surface area contributed by atoms with Crippen LogP contribution in [-0.4, -0.2) is 41.2 Å². The normalized spacial score (nSPS) is 11.1. The van der Waals surface area contributed by atoms with Gasteiger partial charge < -0.3 is 10.2 Å². The van der Waals surface area contributed by atoms with Crippen molar-refractivity contribution in [3.63, 3.8) is 0 Å². The molecule has 0 spiro atoms. The maximum atomic E-state index is 13.0. The minimum atomic E-state index is -0.359. The summed E-state index contributed by atoms with van der Waals surface area (Å²) >= 11 is 0. The van der Waals surface area contributed by atoms with Crippen molar-refractivity contribution in [2.45, 2.75) is 12.5 Å². The van der Waals surface area contributed by atoms with Crippen LogP contribution < -0.4 is 5.32 Å². The van der Waals surface area contributed by atoms with Gasteiger partial charge in [-0.15, -0.1) is 0 Å². The zero-order valence-corrected chi connectivity index (χ0v) is 15.2. The van der Waals surface area contributed by atoms with E-state index in [0.29, 0.717) is 5.69 Å². The van der Waals surface area contributed by atoms with E-state index in [4.69, 9.17) is 0 Å². The molecule has 3 rings (SSSR count). The van der Waals surface area contributed by atoms with Crippen LogP contribution in [0.25, 0.3) is 0 Å². The standard InChI is InChI=1S/C21H24N4O/c1-24(2)13-14-25-16-19(15-22-25)23-21(26)20(17-9-5-3-6-10-17)18-11-7-4-8-12-18/h3-12,15-16,20H,13-14H2,1-2H3,(H,23,26). The highest BCUT2D eigenvalue weighted by Crippen LogP contribution is 2.26. The molecule has 0 bridgehead atoms. The number of anilines is 1. The Morgan fingerprint density at radius 3 is 2.15 bits per heavy atom. The molecule has 3 aromatic rings. The third kappa shape index (κ3) is 4.58. The SMILES string of the molecule is CN(C)CCn1cc(NC(=O)C(c2ccccc2)c2ccccc2)cn1. The summed E-state index contributed by atoms with van der Waals surface area (Å²) in [7, 11) is 4.05. The number of hydrogen-bond acceptors (Lipinski definition) is 3. The first-order chi connectivity index (χ1) is 12.6. The Labute approximate surface area is 154 Å². The molecule has 0 aliphatic heterocycles. The summed E-state index contributed by atoms with van der Waals surface area (Å²) in [6.07, 6.45) is 3.56. The topological polar surface area (TPSA) is 50.2 Å². The molecule has 1 aromatic heterocycles. The van der Waals surface area contributed by atoms with E-state index >= 15 is 0 Å². The second-order valence-electron chi connectivity index (χ2n) is 6.54. The number of benzene rings is 2. The van der Waals surface area contributed by atoms with Gasteiger partial charge in [-0.25, -0.2) is 0 Å². The van der Waals surface area contributed by atoms with Crippen LogP contribution in [0, 0.1) is 0 Å².